The van der Waals surface area contributed by atoms with Crippen molar-refractivity contribution in [3.63, 3.8) is 0 Å². The van der Waals surface area contributed by atoms with Crippen LogP contribution in [0.4, 0.5) is 5.69 Å². The van der Waals surface area contributed by atoms with Gasteiger partial charge in [0, 0.05) is 5.69 Å². The monoisotopic (exact) mass is 175 g/mol. The van der Waals surface area contributed by atoms with E-state index in [9.17, 15) is 0 Å². The Hall–Kier alpha value is -1.24. The van der Waals surface area contributed by atoms with Crippen LogP contribution in [0.25, 0.3) is 6.08 Å². The molecule has 0 bridgehead atoms. The molecule has 0 amide bonds. The molecule has 70 valence electrons. The van der Waals surface area contributed by atoms with E-state index in [0.717, 1.165) is 12.1 Å². The average molecular weight is 175 g/mol. The molecule has 0 radical (unpaired) electrons. The second-order valence-electron chi connectivity index (χ2n) is 3.21. The van der Waals surface area contributed by atoms with E-state index >= 15 is 0 Å². The van der Waals surface area contributed by atoms with Gasteiger partial charge in [-0.15, -0.1) is 0 Å². The molecule has 1 heteroatoms. The smallest absolute Gasteiger partial charge is 0.0319 e. The first-order chi connectivity index (χ1) is 6.33. The van der Waals surface area contributed by atoms with E-state index in [2.05, 4.69) is 25.1 Å². The van der Waals surface area contributed by atoms with Crippen LogP contribution in [0.2, 0.25) is 0 Å². The van der Waals surface area contributed by atoms with Crippen LogP contribution in [0.5, 0.6) is 0 Å². The number of nitrogens with two attached hydrogens (primary N) is 1. The lowest BCUT2D eigenvalue weighted by molar-refractivity contribution is 0.816. The van der Waals surface area contributed by atoms with Gasteiger partial charge in [-0.3, -0.25) is 0 Å². The van der Waals surface area contributed by atoms with Gasteiger partial charge in [0.05, 0.1) is 0 Å². The summed E-state index contributed by atoms with van der Waals surface area (Å²) in [6.45, 7) is 2.20. The maximum absolute atomic E-state index is 5.66. The number of allylic oxidation sites excluding steroid dienone is 1. The minimum atomic E-state index is 0.831. The van der Waals surface area contributed by atoms with Gasteiger partial charge < -0.3 is 5.73 Å². The number of hydrogen-bond acceptors (Lipinski definition) is 1. The standard InChI is InChI=1S/C12H17N/c1-2-3-4-5-7-11-8-6-9-12(13)10-11/h5-10H,2-4,13H2,1H3/b7-5+. The van der Waals surface area contributed by atoms with Gasteiger partial charge in [0.25, 0.3) is 0 Å². The zero-order valence-electron chi connectivity index (χ0n) is 8.16. The number of hydrogen-bond donors (Lipinski definition) is 1. The molecular weight excluding hydrogens is 158 g/mol. The van der Waals surface area contributed by atoms with Gasteiger partial charge in [0.15, 0.2) is 0 Å². The Morgan fingerprint density at radius 2 is 2.23 bits per heavy atom. The van der Waals surface area contributed by atoms with Crippen LogP contribution in [0.15, 0.2) is 30.3 Å². The summed E-state index contributed by atoms with van der Waals surface area (Å²) in [5.74, 6) is 0. The number of benzene rings is 1. The van der Waals surface area contributed by atoms with Crippen molar-refractivity contribution < 1.29 is 0 Å². The third-order valence-electron chi connectivity index (χ3n) is 1.95. The highest BCUT2D eigenvalue weighted by atomic mass is 14.5. The Balaban J connectivity index is 2.48. The summed E-state index contributed by atoms with van der Waals surface area (Å²) in [4.78, 5) is 0. The fourth-order valence-corrected chi connectivity index (χ4v) is 1.20. The van der Waals surface area contributed by atoms with Gasteiger partial charge in [-0.05, 0) is 24.1 Å². The summed E-state index contributed by atoms with van der Waals surface area (Å²) in [6.07, 6.45) is 8.01. The molecule has 13 heavy (non-hydrogen) atoms. The lowest BCUT2D eigenvalue weighted by atomic mass is 10.1. The maximum atomic E-state index is 5.66. The van der Waals surface area contributed by atoms with Crippen molar-refractivity contribution in [1.82, 2.24) is 0 Å². The van der Waals surface area contributed by atoms with Gasteiger partial charge >= 0.3 is 0 Å². The summed E-state index contributed by atoms with van der Waals surface area (Å²) in [7, 11) is 0. The quantitative estimate of drug-likeness (QED) is 0.550. The Morgan fingerprint density at radius 3 is 2.92 bits per heavy atom. The molecule has 1 aromatic rings. The highest BCUT2D eigenvalue weighted by Crippen LogP contribution is 2.09. The molecule has 1 aromatic carbocycles. The molecule has 0 saturated heterocycles. The Bertz CT molecular complexity index is 276. The van der Waals surface area contributed by atoms with Crippen LogP contribution in [0.3, 0.4) is 0 Å². The predicted octanol–water partition coefficient (Wildman–Crippen LogP) is 3.47. The first-order valence-electron chi connectivity index (χ1n) is 4.85. The lowest BCUT2D eigenvalue weighted by Gasteiger charge is -1.95. The van der Waals surface area contributed by atoms with Crippen LogP contribution in [-0.2, 0) is 0 Å². The molecule has 1 rings (SSSR count). The van der Waals surface area contributed by atoms with Crippen molar-refractivity contribution in [1.29, 1.82) is 0 Å². The normalized spacial score (nSPS) is 10.8. The molecule has 0 atom stereocenters. The second kappa shape index (κ2) is 5.41. The number of nitrogen functional groups attached to an aromatic ring is 1. The molecule has 0 aliphatic rings. The van der Waals surface area contributed by atoms with Gasteiger partial charge in [0.1, 0.15) is 0 Å². The average Bonchev–Trinajstić information content (AvgIpc) is 2.13. The van der Waals surface area contributed by atoms with Crippen LogP contribution < -0.4 is 5.73 Å². The van der Waals surface area contributed by atoms with Gasteiger partial charge in [-0.25, -0.2) is 0 Å². The lowest BCUT2D eigenvalue weighted by Crippen LogP contribution is -1.83. The first-order valence-corrected chi connectivity index (χ1v) is 4.85. The zero-order valence-corrected chi connectivity index (χ0v) is 8.16. The minimum Gasteiger partial charge on any atom is -0.399 e. The third-order valence-corrected chi connectivity index (χ3v) is 1.95. The van der Waals surface area contributed by atoms with Gasteiger partial charge in [0.2, 0.25) is 0 Å². The second-order valence-corrected chi connectivity index (χ2v) is 3.21. The van der Waals surface area contributed by atoms with E-state index in [1.807, 2.05) is 18.2 Å². The van der Waals surface area contributed by atoms with Crippen molar-refractivity contribution in [3.8, 4) is 0 Å². The molecule has 0 unspecified atom stereocenters. The fraction of sp³-hybridized carbons (Fsp3) is 0.333. The molecule has 0 heterocycles. The molecule has 0 aliphatic heterocycles. The van der Waals surface area contributed by atoms with E-state index in [-0.39, 0.29) is 0 Å². The molecule has 0 aromatic heterocycles. The molecule has 1 nitrogen and oxygen atoms in total. The zero-order chi connectivity index (χ0) is 9.52. The Labute approximate surface area is 80.3 Å². The molecule has 0 spiro atoms. The molecule has 2 N–H and O–H groups in total. The minimum absolute atomic E-state index is 0.831. The molecule has 0 aliphatic carbocycles. The van der Waals surface area contributed by atoms with Crippen LogP contribution in [0.1, 0.15) is 31.7 Å². The van der Waals surface area contributed by atoms with Crippen LogP contribution in [0, 0.1) is 0 Å². The third kappa shape index (κ3) is 3.79. The van der Waals surface area contributed by atoms with E-state index in [1.54, 1.807) is 0 Å². The number of anilines is 1. The van der Waals surface area contributed by atoms with Crippen molar-refractivity contribution in [2.45, 2.75) is 26.2 Å². The number of rotatable bonds is 4. The van der Waals surface area contributed by atoms with Crippen LogP contribution in [-0.4, -0.2) is 0 Å². The van der Waals surface area contributed by atoms with Crippen molar-refractivity contribution in [3.05, 3.63) is 35.9 Å². The molecule has 0 fully saturated rings. The summed E-state index contributed by atoms with van der Waals surface area (Å²) in [6, 6.07) is 7.94. The first kappa shape index (κ1) is 9.85. The Morgan fingerprint density at radius 1 is 1.38 bits per heavy atom. The van der Waals surface area contributed by atoms with E-state index in [4.69, 9.17) is 5.73 Å². The van der Waals surface area contributed by atoms with Crippen LogP contribution >= 0.6 is 0 Å². The largest absolute Gasteiger partial charge is 0.399 e. The van der Waals surface area contributed by atoms with E-state index in [1.165, 1.54) is 18.4 Å². The van der Waals surface area contributed by atoms with Gasteiger partial charge in [-0.2, -0.15) is 0 Å². The Kier molecular flexibility index (Phi) is 4.10. The summed E-state index contributed by atoms with van der Waals surface area (Å²) < 4.78 is 0. The SMILES string of the molecule is CCCC/C=C/c1cccc(N)c1. The summed E-state index contributed by atoms with van der Waals surface area (Å²) >= 11 is 0. The predicted molar refractivity (Wildman–Crippen MR) is 59.4 cm³/mol. The van der Waals surface area contributed by atoms with E-state index in [0.29, 0.717) is 0 Å². The van der Waals surface area contributed by atoms with E-state index < -0.39 is 0 Å². The highest BCUT2D eigenvalue weighted by Gasteiger charge is 1.86. The maximum Gasteiger partial charge on any atom is 0.0319 e. The summed E-state index contributed by atoms with van der Waals surface area (Å²) in [5, 5.41) is 0. The molecule has 0 saturated carbocycles. The fourth-order valence-electron chi connectivity index (χ4n) is 1.20. The highest BCUT2D eigenvalue weighted by molar-refractivity contribution is 5.55. The van der Waals surface area contributed by atoms with Crippen molar-refractivity contribution >= 4 is 11.8 Å². The number of unbranched alkanes of at least 4 members (excludes halogenated alkanes) is 2. The van der Waals surface area contributed by atoms with Crippen molar-refractivity contribution in [2.75, 3.05) is 5.73 Å². The molecular formula is C12H17N. The van der Waals surface area contributed by atoms with Gasteiger partial charge in [-0.1, -0.05) is 44.1 Å². The summed E-state index contributed by atoms with van der Waals surface area (Å²) in [5.41, 5.74) is 7.68. The topological polar surface area (TPSA) is 26.0 Å². The van der Waals surface area contributed by atoms with Crippen molar-refractivity contribution in [2.24, 2.45) is 0 Å².